The van der Waals surface area contributed by atoms with Crippen LogP contribution in [0.5, 0.6) is 6.01 Å². The standard InChI is InChI=1S/C8H9N3O.C5H7N3/c1-2-12-8-10-6-4-3-5-9-7(6)11-8;6-4-2-1-3-8-5(4)7/h3-5H,2H2,1H3,(H,9,10,11);1-3H,6H2,(H2,7,8). The van der Waals surface area contributed by atoms with Crippen LogP contribution in [0, 0.1) is 0 Å². The van der Waals surface area contributed by atoms with Crippen LogP contribution >= 0.6 is 0 Å². The summed E-state index contributed by atoms with van der Waals surface area (Å²) in [6.45, 7) is 2.53. The summed E-state index contributed by atoms with van der Waals surface area (Å²) in [6, 6.07) is 7.76. The second kappa shape index (κ2) is 6.37. The number of H-pyrrole nitrogens is 1. The van der Waals surface area contributed by atoms with Crippen molar-refractivity contribution in [1.29, 1.82) is 0 Å². The largest absolute Gasteiger partial charge is 0.465 e. The Morgan fingerprint density at radius 1 is 1.15 bits per heavy atom. The zero-order chi connectivity index (χ0) is 14.4. The van der Waals surface area contributed by atoms with Crippen LogP contribution in [-0.2, 0) is 0 Å². The molecule has 0 aliphatic carbocycles. The van der Waals surface area contributed by atoms with Crippen molar-refractivity contribution in [2.24, 2.45) is 0 Å². The number of hydrogen-bond acceptors (Lipinski definition) is 6. The molecule has 0 amide bonds. The second-order valence-corrected chi connectivity index (χ2v) is 3.83. The fourth-order valence-electron chi connectivity index (χ4n) is 1.46. The fourth-order valence-corrected chi connectivity index (χ4v) is 1.46. The predicted molar refractivity (Wildman–Crippen MR) is 78.1 cm³/mol. The molecule has 0 saturated heterocycles. The first-order chi connectivity index (χ1) is 9.70. The van der Waals surface area contributed by atoms with Crippen molar-refractivity contribution in [3.8, 4) is 6.01 Å². The number of ether oxygens (including phenoxy) is 1. The number of hydrogen-bond donors (Lipinski definition) is 3. The van der Waals surface area contributed by atoms with Gasteiger partial charge in [-0.1, -0.05) is 0 Å². The van der Waals surface area contributed by atoms with Crippen LogP contribution in [0.1, 0.15) is 6.92 Å². The van der Waals surface area contributed by atoms with E-state index in [9.17, 15) is 0 Å². The van der Waals surface area contributed by atoms with Gasteiger partial charge in [-0.25, -0.2) is 9.97 Å². The molecular formula is C13H16N6O. The molecular weight excluding hydrogens is 256 g/mol. The molecule has 0 spiro atoms. The molecule has 0 atom stereocenters. The topological polar surface area (TPSA) is 116 Å². The summed E-state index contributed by atoms with van der Waals surface area (Å²) >= 11 is 0. The lowest BCUT2D eigenvalue weighted by atomic mass is 10.4. The Kier molecular flexibility index (Phi) is 4.33. The van der Waals surface area contributed by atoms with E-state index >= 15 is 0 Å². The highest BCUT2D eigenvalue weighted by molar-refractivity contribution is 5.70. The van der Waals surface area contributed by atoms with E-state index in [0.717, 1.165) is 5.52 Å². The number of rotatable bonds is 2. The Morgan fingerprint density at radius 3 is 2.50 bits per heavy atom. The number of aromatic nitrogens is 4. The molecule has 0 unspecified atom stereocenters. The van der Waals surface area contributed by atoms with Crippen molar-refractivity contribution in [1.82, 2.24) is 19.9 Å². The minimum Gasteiger partial charge on any atom is -0.465 e. The van der Waals surface area contributed by atoms with Crippen LogP contribution < -0.4 is 16.2 Å². The van der Waals surface area contributed by atoms with Crippen molar-refractivity contribution < 1.29 is 4.74 Å². The number of pyridine rings is 2. The lowest BCUT2D eigenvalue weighted by molar-refractivity contribution is 0.317. The van der Waals surface area contributed by atoms with E-state index < -0.39 is 0 Å². The molecule has 0 aliphatic heterocycles. The Morgan fingerprint density at radius 2 is 1.90 bits per heavy atom. The average Bonchev–Trinajstić information content (AvgIpc) is 2.86. The maximum atomic E-state index is 5.33. The Balaban J connectivity index is 0.000000160. The molecule has 20 heavy (non-hydrogen) atoms. The zero-order valence-electron chi connectivity index (χ0n) is 11.1. The molecule has 7 nitrogen and oxygen atoms in total. The first-order valence-corrected chi connectivity index (χ1v) is 6.10. The predicted octanol–water partition coefficient (Wildman–Crippen LogP) is 1.60. The van der Waals surface area contributed by atoms with Gasteiger partial charge >= 0.3 is 0 Å². The smallest absolute Gasteiger partial charge is 0.296 e. The minimum absolute atomic E-state index is 0.396. The summed E-state index contributed by atoms with van der Waals surface area (Å²) in [5.74, 6) is 0.396. The van der Waals surface area contributed by atoms with Crippen LogP contribution in [0.3, 0.4) is 0 Å². The molecule has 0 radical (unpaired) electrons. The molecule has 0 fully saturated rings. The van der Waals surface area contributed by atoms with Crippen LogP contribution in [0.2, 0.25) is 0 Å². The van der Waals surface area contributed by atoms with Crippen LogP contribution in [-0.4, -0.2) is 26.5 Å². The lowest BCUT2D eigenvalue weighted by Crippen LogP contribution is -1.95. The maximum absolute atomic E-state index is 5.33. The van der Waals surface area contributed by atoms with Gasteiger partial charge in [0.1, 0.15) is 5.82 Å². The van der Waals surface area contributed by atoms with Gasteiger partial charge in [0, 0.05) is 12.4 Å². The number of nitrogens with one attached hydrogen (secondary N) is 1. The molecule has 0 saturated carbocycles. The molecule has 3 rings (SSSR count). The van der Waals surface area contributed by atoms with Gasteiger partial charge in [0.2, 0.25) is 0 Å². The summed E-state index contributed by atoms with van der Waals surface area (Å²) in [6.07, 6.45) is 3.31. The first-order valence-electron chi connectivity index (χ1n) is 6.10. The number of imidazole rings is 1. The van der Waals surface area contributed by atoms with Gasteiger partial charge in [-0.15, -0.1) is 0 Å². The van der Waals surface area contributed by atoms with Gasteiger partial charge in [-0.3, -0.25) is 0 Å². The minimum atomic E-state index is 0.396. The van der Waals surface area contributed by atoms with Crippen molar-refractivity contribution in [2.75, 3.05) is 18.1 Å². The van der Waals surface area contributed by atoms with E-state index in [1.807, 2.05) is 19.1 Å². The van der Waals surface area contributed by atoms with E-state index in [-0.39, 0.29) is 0 Å². The molecule has 3 heterocycles. The third-order valence-corrected chi connectivity index (χ3v) is 2.39. The fraction of sp³-hybridized carbons (Fsp3) is 0.154. The van der Waals surface area contributed by atoms with Gasteiger partial charge < -0.3 is 21.2 Å². The highest BCUT2D eigenvalue weighted by atomic mass is 16.5. The molecule has 5 N–H and O–H groups in total. The van der Waals surface area contributed by atoms with Crippen molar-refractivity contribution >= 4 is 22.7 Å². The third kappa shape index (κ3) is 3.35. The summed E-state index contributed by atoms with van der Waals surface area (Å²) in [5, 5.41) is 0. The van der Waals surface area contributed by atoms with E-state index in [2.05, 4.69) is 19.9 Å². The summed E-state index contributed by atoms with van der Waals surface area (Å²) < 4.78 is 5.18. The van der Waals surface area contributed by atoms with Crippen molar-refractivity contribution in [2.45, 2.75) is 6.92 Å². The van der Waals surface area contributed by atoms with Crippen molar-refractivity contribution in [3.63, 3.8) is 0 Å². The molecule has 7 heteroatoms. The first kappa shape index (κ1) is 13.6. The molecule has 0 aliphatic rings. The molecule has 3 aromatic rings. The second-order valence-electron chi connectivity index (χ2n) is 3.83. The zero-order valence-corrected chi connectivity index (χ0v) is 11.1. The number of aromatic amines is 1. The number of fused-ring (bicyclic) bond motifs is 1. The summed E-state index contributed by atoms with van der Waals surface area (Å²) in [4.78, 5) is 14.9. The summed E-state index contributed by atoms with van der Waals surface area (Å²) in [5.41, 5.74) is 12.7. The van der Waals surface area contributed by atoms with Crippen molar-refractivity contribution in [3.05, 3.63) is 36.7 Å². The maximum Gasteiger partial charge on any atom is 0.296 e. The highest BCUT2D eigenvalue weighted by Gasteiger charge is 2.01. The third-order valence-electron chi connectivity index (χ3n) is 2.39. The van der Waals surface area contributed by atoms with E-state index in [1.165, 1.54) is 0 Å². The van der Waals surface area contributed by atoms with E-state index in [1.54, 1.807) is 24.5 Å². The summed E-state index contributed by atoms with van der Waals surface area (Å²) in [7, 11) is 0. The van der Waals surface area contributed by atoms with Gasteiger partial charge in [-0.05, 0) is 31.2 Å². The van der Waals surface area contributed by atoms with Crippen LogP contribution in [0.4, 0.5) is 11.5 Å². The van der Waals surface area contributed by atoms with E-state index in [4.69, 9.17) is 16.2 Å². The van der Waals surface area contributed by atoms with Gasteiger partial charge in [0.15, 0.2) is 5.65 Å². The average molecular weight is 272 g/mol. The SMILES string of the molecule is CCOc1nc2ncccc2[nH]1.Nc1cccnc1N. The Labute approximate surface area is 116 Å². The lowest BCUT2D eigenvalue weighted by Gasteiger charge is -1.92. The molecule has 0 bridgehead atoms. The monoisotopic (exact) mass is 272 g/mol. The highest BCUT2D eigenvalue weighted by Crippen LogP contribution is 2.12. The van der Waals surface area contributed by atoms with Gasteiger partial charge in [0.05, 0.1) is 17.8 Å². The number of nitrogens with two attached hydrogens (primary N) is 2. The van der Waals surface area contributed by atoms with Gasteiger partial charge in [-0.2, -0.15) is 4.98 Å². The quantitative estimate of drug-likeness (QED) is 0.652. The van der Waals surface area contributed by atoms with Crippen LogP contribution in [0.15, 0.2) is 36.7 Å². The number of anilines is 2. The molecule has 104 valence electrons. The Hall–Kier alpha value is -2.83. The normalized spacial score (nSPS) is 9.85. The van der Waals surface area contributed by atoms with Gasteiger partial charge in [0.25, 0.3) is 6.01 Å². The number of nitrogens with zero attached hydrogens (tertiary/aromatic N) is 3. The van der Waals surface area contributed by atoms with E-state index in [0.29, 0.717) is 29.8 Å². The Bertz CT molecular complexity index is 627. The molecule has 0 aromatic carbocycles. The number of nitrogen functional groups attached to an aromatic ring is 2. The molecule has 3 aromatic heterocycles. The van der Waals surface area contributed by atoms with Crippen LogP contribution in [0.25, 0.3) is 11.2 Å².